The van der Waals surface area contributed by atoms with E-state index in [-0.39, 0.29) is 12.0 Å². The van der Waals surface area contributed by atoms with Gasteiger partial charge in [0.15, 0.2) is 0 Å². The summed E-state index contributed by atoms with van der Waals surface area (Å²) in [5.41, 5.74) is 4.16. The van der Waals surface area contributed by atoms with E-state index in [2.05, 4.69) is 10.5 Å². The average Bonchev–Trinajstić information content (AvgIpc) is 2.54. The van der Waals surface area contributed by atoms with Gasteiger partial charge in [-0.1, -0.05) is 48.5 Å². The molecule has 0 aliphatic heterocycles. The van der Waals surface area contributed by atoms with Crippen molar-refractivity contribution >= 4 is 12.1 Å². The largest absolute Gasteiger partial charge is 0.368 e. The molecule has 108 valence electrons. The van der Waals surface area contributed by atoms with Gasteiger partial charge < -0.3 is 4.74 Å². The Kier molecular flexibility index (Phi) is 5.67. The lowest BCUT2D eigenvalue weighted by atomic mass is 10.2. The molecule has 0 heterocycles. The Morgan fingerprint density at radius 3 is 2.43 bits per heavy atom. The standard InChI is InChI=1S/C17H18N2O2/c1-14(21-13-15-8-4-2-5-9-15)12-18-19-17(20)16-10-6-3-7-11-16/h2-12,14H,13H2,1H3,(H,19,20)/b18-12+/t14-/m0/s1. The van der Waals surface area contributed by atoms with Gasteiger partial charge in [0.05, 0.1) is 18.9 Å². The molecule has 0 radical (unpaired) electrons. The van der Waals surface area contributed by atoms with Crippen LogP contribution in [-0.4, -0.2) is 18.2 Å². The van der Waals surface area contributed by atoms with Gasteiger partial charge in [0.25, 0.3) is 5.91 Å². The van der Waals surface area contributed by atoms with E-state index in [1.165, 1.54) is 0 Å². The smallest absolute Gasteiger partial charge is 0.271 e. The van der Waals surface area contributed by atoms with Crippen molar-refractivity contribution < 1.29 is 9.53 Å². The van der Waals surface area contributed by atoms with Crippen LogP contribution in [0.25, 0.3) is 0 Å². The van der Waals surface area contributed by atoms with Crippen molar-refractivity contribution in [3.05, 3.63) is 71.8 Å². The normalized spacial score (nSPS) is 12.2. The Bertz CT molecular complexity index is 582. The fraction of sp³-hybridized carbons (Fsp3) is 0.176. The molecule has 21 heavy (non-hydrogen) atoms. The van der Waals surface area contributed by atoms with E-state index in [1.54, 1.807) is 18.3 Å². The SMILES string of the molecule is C[C@@H](/C=N/NC(=O)c1ccccc1)OCc1ccccc1. The number of nitrogens with zero attached hydrogens (tertiary/aromatic N) is 1. The molecule has 0 aliphatic rings. The van der Waals surface area contributed by atoms with E-state index in [9.17, 15) is 4.79 Å². The minimum Gasteiger partial charge on any atom is -0.368 e. The third-order valence-corrected chi connectivity index (χ3v) is 2.84. The molecule has 0 unspecified atom stereocenters. The van der Waals surface area contributed by atoms with Gasteiger partial charge in [0.1, 0.15) is 0 Å². The third kappa shape index (κ3) is 5.20. The molecule has 0 saturated heterocycles. The van der Waals surface area contributed by atoms with Crippen LogP contribution in [0.4, 0.5) is 0 Å². The summed E-state index contributed by atoms with van der Waals surface area (Å²) in [7, 11) is 0. The van der Waals surface area contributed by atoms with Crippen molar-refractivity contribution in [3.63, 3.8) is 0 Å². The van der Waals surface area contributed by atoms with Crippen LogP contribution in [0, 0.1) is 0 Å². The molecule has 2 rings (SSSR count). The van der Waals surface area contributed by atoms with Crippen molar-refractivity contribution in [2.75, 3.05) is 0 Å². The fourth-order valence-corrected chi connectivity index (χ4v) is 1.70. The highest BCUT2D eigenvalue weighted by molar-refractivity contribution is 5.94. The Labute approximate surface area is 124 Å². The van der Waals surface area contributed by atoms with Gasteiger partial charge in [-0.2, -0.15) is 5.10 Å². The van der Waals surface area contributed by atoms with Crippen molar-refractivity contribution in [2.24, 2.45) is 5.10 Å². The molecule has 0 spiro atoms. The first-order valence-corrected chi connectivity index (χ1v) is 6.80. The molecule has 4 heteroatoms. The second-order valence-corrected chi connectivity index (χ2v) is 4.59. The molecule has 2 aromatic carbocycles. The molecule has 0 aliphatic carbocycles. The number of benzene rings is 2. The molecule has 0 fully saturated rings. The molecule has 1 N–H and O–H groups in total. The molecule has 4 nitrogen and oxygen atoms in total. The lowest BCUT2D eigenvalue weighted by Crippen LogP contribution is -2.19. The maximum atomic E-state index is 11.7. The van der Waals surface area contributed by atoms with Gasteiger partial charge in [-0.3, -0.25) is 4.79 Å². The molecular formula is C17H18N2O2. The van der Waals surface area contributed by atoms with Crippen LogP contribution in [0.15, 0.2) is 65.8 Å². The molecule has 1 amide bonds. The second kappa shape index (κ2) is 7.97. The zero-order valence-corrected chi connectivity index (χ0v) is 11.9. The van der Waals surface area contributed by atoms with Crippen LogP contribution in [0.3, 0.4) is 0 Å². The Balaban J connectivity index is 1.75. The minimum atomic E-state index is -0.234. The molecule has 2 aromatic rings. The van der Waals surface area contributed by atoms with E-state index in [0.29, 0.717) is 12.2 Å². The summed E-state index contributed by atoms with van der Waals surface area (Å²) in [6, 6.07) is 18.9. The number of ether oxygens (including phenoxy) is 1. The summed E-state index contributed by atoms with van der Waals surface area (Å²) in [5.74, 6) is -0.234. The van der Waals surface area contributed by atoms with Gasteiger partial charge in [-0.05, 0) is 24.6 Å². The monoisotopic (exact) mass is 282 g/mol. The van der Waals surface area contributed by atoms with Crippen molar-refractivity contribution in [1.29, 1.82) is 0 Å². The van der Waals surface area contributed by atoms with E-state index in [4.69, 9.17) is 4.74 Å². The lowest BCUT2D eigenvalue weighted by Gasteiger charge is -2.08. The Morgan fingerprint density at radius 2 is 1.76 bits per heavy atom. The number of hydrazone groups is 1. The highest BCUT2D eigenvalue weighted by Gasteiger charge is 2.03. The van der Waals surface area contributed by atoms with Gasteiger partial charge in [-0.25, -0.2) is 5.43 Å². The summed E-state index contributed by atoms with van der Waals surface area (Å²) in [4.78, 5) is 11.7. The molecule has 1 atom stereocenters. The maximum absolute atomic E-state index is 11.7. The third-order valence-electron chi connectivity index (χ3n) is 2.84. The number of carbonyl (C=O) groups is 1. The predicted molar refractivity (Wildman–Crippen MR) is 83.1 cm³/mol. The molecule has 0 bridgehead atoms. The number of nitrogens with one attached hydrogen (secondary N) is 1. The highest BCUT2D eigenvalue weighted by Crippen LogP contribution is 2.02. The maximum Gasteiger partial charge on any atom is 0.271 e. The molecule has 0 saturated carbocycles. The zero-order chi connectivity index (χ0) is 14.9. The quantitative estimate of drug-likeness (QED) is 0.654. The summed E-state index contributed by atoms with van der Waals surface area (Å²) >= 11 is 0. The van der Waals surface area contributed by atoms with Gasteiger partial charge >= 0.3 is 0 Å². The van der Waals surface area contributed by atoms with E-state index in [1.807, 2.05) is 55.5 Å². The number of amides is 1. The Hall–Kier alpha value is -2.46. The van der Waals surface area contributed by atoms with Crippen LogP contribution in [0.1, 0.15) is 22.8 Å². The summed E-state index contributed by atoms with van der Waals surface area (Å²) in [6.45, 7) is 2.39. The lowest BCUT2D eigenvalue weighted by molar-refractivity contribution is 0.0942. The minimum absolute atomic E-state index is 0.179. The first-order valence-electron chi connectivity index (χ1n) is 6.80. The first kappa shape index (κ1) is 14.9. The van der Waals surface area contributed by atoms with Crippen LogP contribution >= 0.6 is 0 Å². The van der Waals surface area contributed by atoms with Crippen LogP contribution in [0.2, 0.25) is 0 Å². The van der Waals surface area contributed by atoms with Crippen LogP contribution in [0.5, 0.6) is 0 Å². The van der Waals surface area contributed by atoms with Crippen molar-refractivity contribution in [2.45, 2.75) is 19.6 Å². The summed E-state index contributed by atoms with van der Waals surface area (Å²) < 4.78 is 5.61. The highest BCUT2D eigenvalue weighted by atomic mass is 16.5. The van der Waals surface area contributed by atoms with Crippen molar-refractivity contribution in [3.8, 4) is 0 Å². The Morgan fingerprint density at radius 1 is 1.14 bits per heavy atom. The first-order chi connectivity index (χ1) is 10.3. The van der Waals surface area contributed by atoms with Gasteiger partial charge in [-0.15, -0.1) is 0 Å². The summed E-state index contributed by atoms with van der Waals surface area (Å²) in [5, 5.41) is 3.91. The van der Waals surface area contributed by atoms with Gasteiger partial charge in [0.2, 0.25) is 0 Å². The molecule has 0 aromatic heterocycles. The number of hydrogen-bond donors (Lipinski definition) is 1. The topological polar surface area (TPSA) is 50.7 Å². The number of carbonyl (C=O) groups excluding carboxylic acids is 1. The zero-order valence-electron chi connectivity index (χ0n) is 11.9. The van der Waals surface area contributed by atoms with E-state index < -0.39 is 0 Å². The fourth-order valence-electron chi connectivity index (χ4n) is 1.70. The van der Waals surface area contributed by atoms with E-state index in [0.717, 1.165) is 5.56 Å². The number of hydrogen-bond acceptors (Lipinski definition) is 3. The summed E-state index contributed by atoms with van der Waals surface area (Å²) in [6.07, 6.45) is 1.39. The van der Waals surface area contributed by atoms with E-state index >= 15 is 0 Å². The van der Waals surface area contributed by atoms with Crippen LogP contribution in [-0.2, 0) is 11.3 Å². The van der Waals surface area contributed by atoms with Crippen molar-refractivity contribution in [1.82, 2.24) is 5.43 Å². The predicted octanol–water partition coefficient (Wildman–Crippen LogP) is 3.01. The molecular weight excluding hydrogens is 264 g/mol. The van der Waals surface area contributed by atoms with Crippen LogP contribution < -0.4 is 5.43 Å². The second-order valence-electron chi connectivity index (χ2n) is 4.59. The number of rotatable bonds is 6. The average molecular weight is 282 g/mol. The van der Waals surface area contributed by atoms with Gasteiger partial charge in [0, 0.05) is 5.56 Å².